The fraction of sp³-hybridized carbons (Fsp3) is 1.00. The van der Waals surface area contributed by atoms with Crippen LogP contribution in [0.25, 0.3) is 0 Å². The van der Waals surface area contributed by atoms with Crippen molar-refractivity contribution >= 4 is 0 Å². The summed E-state index contributed by atoms with van der Waals surface area (Å²) in [4.78, 5) is 0. The number of fused-ring (bicyclic) bond motifs is 2. The first-order valence-corrected chi connectivity index (χ1v) is 9.94. The van der Waals surface area contributed by atoms with Gasteiger partial charge in [0.2, 0.25) is 0 Å². The Morgan fingerprint density at radius 3 is 2.28 bits per heavy atom. The molecule has 3 fully saturated rings. The van der Waals surface area contributed by atoms with Gasteiger partial charge in [0.15, 0.2) is 0 Å². The molecule has 3 aliphatic rings. The van der Waals surface area contributed by atoms with Gasteiger partial charge in [-0.15, -0.1) is 0 Å². The highest BCUT2D eigenvalue weighted by atomic mass is 16.5. The molecule has 2 saturated carbocycles. The molecule has 4 N–H and O–H groups in total. The van der Waals surface area contributed by atoms with Crippen molar-refractivity contribution in [1.29, 1.82) is 0 Å². The molecule has 3 rings (SSSR count). The molecule has 0 aromatic carbocycles. The van der Waals surface area contributed by atoms with Crippen LogP contribution >= 0.6 is 0 Å². The van der Waals surface area contributed by atoms with E-state index in [4.69, 9.17) is 4.74 Å². The van der Waals surface area contributed by atoms with Crippen molar-refractivity contribution in [3.8, 4) is 0 Å². The first-order valence-electron chi connectivity index (χ1n) is 9.94. The molecular weight excluding hydrogens is 320 g/mol. The molecular formula is C20H36O5. The maximum absolute atomic E-state index is 10.6. The van der Waals surface area contributed by atoms with Gasteiger partial charge in [-0.1, -0.05) is 20.8 Å². The topological polar surface area (TPSA) is 90.2 Å². The summed E-state index contributed by atoms with van der Waals surface area (Å²) < 4.78 is 6.75. The van der Waals surface area contributed by atoms with Crippen molar-refractivity contribution in [2.75, 3.05) is 19.8 Å². The summed E-state index contributed by atoms with van der Waals surface area (Å²) in [5.74, 6) is 0.549. The van der Waals surface area contributed by atoms with Crippen molar-refractivity contribution < 1.29 is 25.2 Å². The van der Waals surface area contributed by atoms with Crippen LogP contribution in [0.5, 0.6) is 0 Å². The quantitative estimate of drug-likeness (QED) is 0.617. The molecule has 1 aliphatic heterocycles. The minimum absolute atomic E-state index is 0.0121. The zero-order valence-electron chi connectivity index (χ0n) is 16.0. The van der Waals surface area contributed by atoms with E-state index in [1.54, 1.807) is 0 Å². The molecule has 1 spiro atoms. The smallest absolute Gasteiger partial charge is 0.0942 e. The molecule has 1 heterocycles. The van der Waals surface area contributed by atoms with Gasteiger partial charge in [-0.25, -0.2) is 0 Å². The Balaban J connectivity index is 2.02. The number of aliphatic hydroxyl groups is 4. The fourth-order valence-electron chi connectivity index (χ4n) is 6.70. The second-order valence-electron chi connectivity index (χ2n) is 9.47. The van der Waals surface area contributed by atoms with Crippen molar-refractivity contribution in [1.82, 2.24) is 0 Å². The molecule has 0 amide bonds. The molecule has 25 heavy (non-hydrogen) atoms. The van der Waals surface area contributed by atoms with Gasteiger partial charge in [0, 0.05) is 23.9 Å². The molecule has 5 nitrogen and oxygen atoms in total. The molecule has 146 valence electrons. The van der Waals surface area contributed by atoms with Crippen LogP contribution in [0.2, 0.25) is 0 Å². The van der Waals surface area contributed by atoms with Crippen LogP contribution in [-0.4, -0.2) is 57.6 Å². The summed E-state index contributed by atoms with van der Waals surface area (Å²) in [6.45, 7) is 6.47. The van der Waals surface area contributed by atoms with Crippen molar-refractivity contribution in [3.05, 3.63) is 0 Å². The maximum atomic E-state index is 10.6. The second kappa shape index (κ2) is 6.45. The van der Waals surface area contributed by atoms with E-state index in [9.17, 15) is 20.4 Å². The Morgan fingerprint density at radius 1 is 0.960 bits per heavy atom. The summed E-state index contributed by atoms with van der Waals surface area (Å²) in [6, 6.07) is 0. The highest BCUT2D eigenvalue weighted by Crippen LogP contribution is 2.67. The summed E-state index contributed by atoms with van der Waals surface area (Å²) in [5, 5.41) is 40.2. The zero-order chi connectivity index (χ0) is 18.5. The number of ether oxygens (including phenoxy) is 1. The molecule has 5 heteroatoms. The number of rotatable bonds is 4. The first-order chi connectivity index (χ1) is 11.7. The van der Waals surface area contributed by atoms with Crippen LogP contribution in [0.4, 0.5) is 0 Å². The van der Waals surface area contributed by atoms with Crippen molar-refractivity contribution in [2.24, 2.45) is 22.7 Å². The fourth-order valence-corrected chi connectivity index (χ4v) is 6.70. The first kappa shape index (κ1) is 19.6. The van der Waals surface area contributed by atoms with E-state index in [2.05, 4.69) is 13.8 Å². The lowest BCUT2D eigenvalue weighted by atomic mass is 9.43. The van der Waals surface area contributed by atoms with E-state index >= 15 is 0 Å². The summed E-state index contributed by atoms with van der Waals surface area (Å²) in [7, 11) is 0. The van der Waals surface area contributed by atoms with E-state index in [0.717, 1.165) is 32.1 Å². The van der Waals surface area contributed by atoms with Crippen molar-refractivity contribution in [2.45, 2.75) is 83.0 Å². The average molecular weight is 357 g/mol. The number of aliphatic hydroxyl groups excluding tert-OH is 4. The van der Waals surface area contributed by atoms with Crippen LogP contribution in [-0.2, 0) is 4.74 Å². The normalized spacial score (nSPS) is 53.2. The third-order valence-electron chi connectivity index (χ3n) is 8.46. The molecule has 0 bridgehead atoms. The SMILES string of the molecule is C[C@H]1CC[C@@H]2[C@](C)(CO)[C@@H](O)CC[C@]2(C)[C@@]12CC[C@@](CO)(CCO)O2. The zero-order valence-corrected chi connectivity index (χ0v) is 16.0. The molecule has 0 aromatic heterocycles. The minimum Gasteiger partial charge on any atom is -0.396 e. The Kier molecular flexibility index (Phi) is 5.05. The molecule has 0 aromatic rings. The van der Waals surface area contributed by atoms with Crippen LogP contribution < -0.4 is 0 Å². The predicted octanol–water partition coefficient (Wildman–Crippen LogP) is 1.85. The lowest BCUT2D eigenvalue weighted by Crippen LogP contribution is -2.66. The highest BCUT2D eigenvalue weighted by Gasteiger charge is 2.68. The standard InChI is InChI=1S/C20H36O5/c1-14-4-5-15-17(2,12-22)16(24)6-7-18(15,3)20(14)9-8-19(13-23,25-20)10-11-21/h14-16,21-24H,4-13H2,1-3H3/t14-,15+,16-,17-,18-,19-,20+/m0/s1. The highest BCUT2D eigenvalue weighted by molar-refractivity contribution is 5.17. The van der Waals surface area contributed by atoms with E-state index in [0.29, 0.717) is 18.8 Å². The van der Waals surface area contributed by atoms with Crippen LogP contribution in [0, 0.1) is 22.7 Å². The number of hydrogen-bond acceptors (Lipinski definition) is 5. The maximum Gasteiger partial charge on any atom is 0.0942 e. The van der Waals surface area contributed by atoms with E-state index in [-0.39, 0.29) is 36.8 Å². The third kappa shape index (κ3) is 2.53. The van der Waals surface area contributed by atoms with Crippen LogP contribution in [0.3, 0.4) is 0 Å². The lowest BCUT2D eigenvalue weighted by Gasteiger charge is -2.65. The molecule has 1 saturated heterocycles. The second-order valence-corrected chi connectivity index (χ2v) is 9.47. The van der Waals surface area contributed by atoms with Gasteiger partial charge < -0.3 is 25.2 Å². The van der Waals surface area contributed by atoms with Crippen molar-refractivity contribution in [3.63, 3.8) is 0 Å². The molecule has 2 aliphatic carbocycles. The molecule has 0 radical (unpaired) electrons. The van der Waals surface area contributed by atoms with Crippen LogP contribution in [0.1, 0.15) is 65.7 Å². The van der Waals surface area contributed by atoms with Gasteiger partial charge in [0.25, 0.3) is 0 Å². The molecule has 0 unspecified atom stereocenters. The number of hydrogen-bond donors (Lipinski definition) is 4. The summed E-state index contributed by atoms with van der Waals surface area (Å²) in [5.41, 5.74) is -1.66. The summed E-state index contributed by atoms with van der Waals surface area (Å²) in [6.07, 6.45) is 5.15. The largest absolute Gasteiger partial charge is 0.396 e. The van der Waals surface area contributed by atoms with E-state index in [1.807, 2.05) is 6.92 Å². The predicted molar refractivity (Wildman–Crippen MR) is 95.0 cm³/mol. The third-order valence-corrected chi connectivity index (χ3v) is 8.46. The van der Waals surface area contributed by atoms with Gasteiger partial charge in [-0.2, -0.15) is 0 Å². The Hall–Kier alpha value is -0.200. The van der Waals surface area contributed by atoms with Gasteiger partial charge in [-0.05, 0) is 50.4 Å². The monoisotopic (exact) mass is 356 g/mol. The minimum atomic E-state index is -0.653. The molecule has 7 atom stereocenters. The van der Waals surface area contributed by atoms with Crippen LogP contribution in [0.15, 0.2) is 0 Å². The lowest BCUT2D eigenvalue weighted by molar-refractivity contribution is -0.272. The Bertz CT molecular complexity index is 498. The van der Waals surface area contributed by atoms with E-state index < -0.39 is 17.1 Å². The Labute approximate surface area is 151 Å². The van der Waals surface area contributed by atoms with Gasteiger partial charge in [0.05, 0.1) is 30.5 Å². The summed E-state index contributed by atoms with van der Waals surface area (Å²) >= 11 is 0. The average Bonchev–Trinajstić information content (AvgIpc) is 2.99. The van der Waals surface area contributed by atoms with Gasteiger partial charge in [-0.3, -0.25) is 0 Å². The Morgan fingerprint density at radius 2 is 1.68 bits per heavy atom. The van der Waals surface area contributed by atoms with Gasteiger partial charge in [0.1, 0.15) is 0 Å². The van der Waals surface area contributed by atoms with Gasteiger partial charge >= 0.3 is 0 Å². The van der Waals surface area contributed by atoms with E-state index in [1.165, 1.54) is 0 Å².